The van der Waals surface area contributed by atoms with Gasteiger partial charge in [0.2, 0.25) is 0 Å². The van der Waals surface area contributed by atoms with Gasteiger partial charge < -0.3 is 9.72 Å². The van der Waals surface area contributed by atoms with E-state index in [4.69, 9.17) is 18.0 Å². The van der Waals surface area contributed by atoms with E-state index in [9.17, 15) is 0 Å². The zero-order valence-corrected chi connectivity index (χ0v) is 11.0. The monoisotopic (exact) mass is 261 g/mol. The molecule has 2 aromatic heterocycles. The normalized spacial score (nSPS) is 10.7. The van der Waals surface area contributed by atoms with E-state index in [0.717, 1.165) is 43.7 Å². The molecule has 2 rings (SSSR count). The Kier molecular flexibility index (Phi) is 4.63. The van der Waals surface area contributed by atoms with Crippen LogP contribution in [0.2, 0.25) is 5.02 Å². The third kappa shape index (κ3) is 3.49. The Balaban J connectivity index is 1.83. The third-order valence-corrected chi connectivity index (χ3v) is 2.92. The molecular weight excluding hydrogens is 246 g/mol. The van der Waals surface area contributed by atoms with E-state index in [-0.39, 0.29) is 0 Å². The van der Waals surface area contributed by atoms with Gasteiger partial charge in [0.1, 0.15) is 5.65 Å². The van der Waals surface area contributed by atoms with Gasteiger partial charge in [-0.05, 0) is 31.5 Å². The number of hydrogen-bond donors (Lipinski definition) is 1. The molecule has 0 saturated heterocycles. The van der Waals surface area contributed by atoms with Crippen molar-refractivity contribution in [2.75, 3.05) is 6.54 Å². The second-order valence-corrected chi connectivity index (χ2v) is 4.62. The van der Waals surface area contributed by atoms with Gasteiger partial charge in [0.05, 0.1) is 10.7 Å². The van der Waals surface area contributed by atoms with Crippen molar-refractivity contribution in [2.45, 2.75) is 25.8 Å². The van der Waals surface area contributed by atoms with Crippen LogP contribution in [-0.4, -0.2) is 15.9 Å². The van der Waals surface area contributed by atoms with Crippen LogP contribution < -0.4 is 5.32 Å². The van der Waals surface area contributed by atoms with E-state index in [1.54, 1.807) is 0 Å². The summed E-state index contributed by atoms with van der Waals surface area (Å²) >= 11 is 5.92. The summed E-state index contributed by atoms with van der Waals surface area (Å²) in [4.78, 5) is 4.50. The number of aromatic nitrogens is 2. The van der Waals surface area contributed by atoms with Crippen LogP contribution in [0.25, 0.3) is 5.65 Å². The highest BCUT2D eigenvalue weighted by Gasteiger charge is 2.01. The first-order chi connectivity index (χ1) is 8.79. The molecule has 0 saturated carbocycles. The highest BCUT2D eigenvalue weighted by molar-refractivity contribution is 6.30. The molecule has 1 N–H and O–H groups in total. The Morgan fingerprint density at radius 1 is 1.33 bits per heavy atom. The number of fused-ring (bicyclic) bond motifs is 1. The van der Waals surface area contributed by atoms with E-state index >= 15 is 0 Å². The summed E-state index contributed by atoms with van der Waals surface area (Å²) in [5, 5.41) is 4.08. The van der Waals surface area contributed by atoms with E-state index in [1.807, 2.05) is 28.9 Å². The molecule has 0 spiro atoms. The topological polar surface area (TPSA) is 29.3 Å². The van der Waals surface area contributed by atoms with E-state index in [1.165, 1.54) is 0 Å². The fraction of sp³-hybridized carbons (Fsp3) is 0.357. The van der Waals surface area contributed by atoms with Crippen LogP contribution in [0, 0.1) is 12.3 Å². The predicted molar refractivity (Wildman–Crippen MR) is 74.6 cm³/mol. The lowest BCUT2D eigenvalue weighted by Crippen LogP contribution is -2.14. The molecule has 0 amide bonds. The number of unbranched alkanes of at least 4 members (excludes halogenated alkanes) is 2. The molecule has 0 fully saturated rings. The van der Waals surface area contributed by atoms with Gasteiger partial charge in [0, 0.05) is 25.4 Å². The van der Waals surface area contributed by atoms with Crippen LogP contribution in [0.1, 0.15) is 25.0 Å². The van der Waals surface area contributed by atoms with E-state index in [0.29, 0.717) is 5.02 Å². The lowest BCUT2D eigenvalue weighted by molar-refractivity contribution is 0.624. The minimum atomic E-state index is 0.716. The Morgan fingerprint density at radius 2 is 2.22 bits per heavy atom. The van der Waals surface area contributed by atoms with Crippen molar-refractivity contribution in [2.24, 2.45) is 0 Å². The predicted octanol–water partition coefficient (Wildman–Crippen LogP) is 2.88. The van der Waals surface area contributed by atoms with Crippen LogP contribution in [0.4, 0.5) is 0 Å². The lowest BCUT2D eigenvalue weighted by atomic mass is 10.2. The summed E-state index contributed by atoms with van der Waals surface area (Å²) in [5.41, 5.74) is 1.94. The Bertz CT molecular complexity index is 554. The SMILES string of the molecule is C#CCCCCNCc1cn2cc(Cl)ccc2n1. The van der Waals surface area contributed by atoms with Gasteiger partial charge in [0.25, 0.3) is 0 Å². The smallest absolute Gasteiger partial charge is 0.137 e. The van der Waals surface area contributed by atoms with Crippen molar-refractivity contribution in [1.29, 1.82) is 0 Å². The summed E-state index contributed by atoms with van der Waals surface area (Å²) in [6.45, 7) is 1.74. The third-order valence-electron chi connectivity index (χ3n) is 2.70. The zero-order chi connectivity index (χ0) is 12.8. The lowest BCUT2D eigenvalue weighted by Gasteiger charge is -2.00. The van der Waals surface area contributed by atoms with Crippen LogP contribution in [0.15, 0.2) is 24.5 Å². The fourth-order valence-electron chi connectivity index (χ4n) is 1.80. The molecule has 4 heteroatoms. The van der Waals surface area contributed by atoms with Crippen LogP contribution in [0.3, 0.4) is 0 Å². The summed E-state index contributed by atoms with van der Waals surface area (Å²) in [5.74, 6) is 2.64. The molecule has 0 aromatic carbocycles. The molecule has 0 bridgehead atoms. The number of imidazole rings is 1. The quantitative estimate of drug-likeness (QED) is 0.640. The van der Waals surface area contributed by atoms with Gasteiger partial charge in [-0.2, -0.15) is 0 Å². The second kappa shape index (κ2) is 6.44. The standard InChI is InChI=1S/C14H16ClN3/c1-2-3-4-5-8-16-9-13-11-18-10-12(15)6-7-14(18)17-13/h1,6-7,10-11,16H,3-5,8-9H2. The minimum absolute atomic E-state index is 0.716. The Hall–Kier alpha value is -1.50. The molecule has 0 unspecified atom stereocenters. The molecule has 2 heterocycles. The zero-order valence-electron chi connectivity index (χ0n) is 10.2. The molecule has 0 aliphatic rings. The van der Waals surface area contributed by atoms with Crippen LogP contribution in [-0.2, 0) is 6.54 Å². The summed E-state index contributed by atoms with van der Waals surface area (Å²) < 4.78 is 1.94. The number of pyridine rings is 1. The molecule has 94 valence electrons. The molecule has 0 radical (unpaired) electrons. The van der Waals surface area contributed by atoms with Crippen molar-refractivity contribution in [3.05, 3.63) is 35.2 Å². The van der Waals surface area contributed by atoms with Crippen molar-refractivity contribution in [3.8, 4) is 12.3 Å². The highest BCUT2D eigenvalue weighted by atomic mass is 35.5. The summed E-state index contributed by atoms with van der Waals surface area (Å²) in [6.07, 6.45) is 12.1. The van der Waals surface area contributed by atoms with E-state index < -0.39 is 0 Å². The molecule has 2 aromatic rings. The largest absolute Gasteiger partial charge is 0.311 e. The van der Waals surface area contributed by atoms with Crippen molar-refractivity contribution in [3.63, 3.8) is 0 Å². The van der Waals surface area contributed by atoms with Crippen molar-refractivity contribution >= 4 is 17.2 Å². The number of nitrogens with zero attached hydrogens (tertiary/aromatic N) is 2. The van der Waals surface area contributed by atoms with Crippen molar-refractivity contribution < 1.29 is 0 Å². The first kappa shape index (κ1) is 12.9. The maximum atomic E-state index is 5.92. The van der Waals surface area contributed by atoms with Gasteiger partial charge in [-0.3, -0.25) is 0 Å². The Morgan fingerprint density at radius 3 is 3.06 bits per heavy atom. The molecule has 3 nitrogen and oxygen atoms in total. The molecule has 18 heavy (non-hydrogen) atoms. The first-order valence-electron chi connectivity index (χ1n) is 6.07. The number of halogens is 1. The first-order valence-corrected chi connectivity index (χ1v) is 6.45. The number of nitrogens with one attached hydrogen (secondary N) is 1. The average Bonchev–Trinajstić information content (AvgIpc) is 2.75. The van der Waals surface area contributed by atoms with Crippen LogP contribution >= 0.6 is 11.6 Å². The van der Waals surface area contributed by atoms with Gasteiger partial charge in [-0.1, -0.05) is 11.6 Å². The van der Waals surface area contributed by atoms with Gasteiger partial charge in [-0.15, -0.1) is 12.3 Å². The summed E-state index contributed by atoms with van der Waals surface area (Å²) in [7, 11) is 0. The molecule has 0 aliphatic carbocycles. The summed E-state index contributed by atoms with van der Waals surface area (Å²) in [6, 6.07) is 3.76. The highest BCUT2D eigenvalue weighted by Crippen LogP contribution is 2.11. The fourth-order valence-corrected chi connectivity index (χ4v) is 1.96. The number of hydrogen-bond acceptors (Lipinski definition) is 2. The van der Waals surface area contributed by atoms with Gasteiger partial charge in [-0.25, -0.2) is 4.98 Å². The second-order valence-electron chi connectivity index (χ2n) is 4.18. The minimum Gasteiger partial charge on any atom is -0.311 e. The van der Waals surface area contributed by atoms with Crippen LogP contribution in [0.5, 0.6) is 0 Å². The molecular formula is C14H16ClN3. The molecule has 0 atom stereocenters. The maximum absolute atomic E-state index is 5.92. The van der Waals surface area contributed by atoms with Gasteiger partial charge >= 0.3 is 0 Å². The van der Waals surface area contributed by atoms with Gasteiger partial charge in [0.15, 0.2) is 0 Å². The Labute approximate surface area is 112 Å². The molecule has 0 aliphatic heterocycles. The van der Waals surface area contributed by atoms with E-state index in [2.05, 4.69) is 16.2 Å². The number of terminal acetylenes is 1. The van der Waals surface area contributed by atoms with Crippen molar-refractivity contribution in [1.82, 2.24) is 14.7 Å². The number of rotatable bonds is 6. The average molecular weight is 262 g/mol. The maximum Gasteiger partial charge on any atom is 0.137 e.